The van der Waals surface area contributed by atoms with Crippen LogP contribution >= 0.6 is 0 Å². The minimum atomic E-state index is 0.0380. The molecule has 2 aromatic rings. The van der Waals surface area contributed by atoms with Crippen LogP contribution in [0.2, 0.25) is 0 Å². The summed E-state index contributed by atoms with van der Waals surface area (Å²) in [7, 11) is 0. The van der Waals surface area contributed by atoms with Crippen molar-refractivity contribution in [1.82, 2.24) is 5.32 Å². The Labute approximate surface area is 114 Å². The Morgan fingerprint density at radius 3 is 2.16 bits per heavy atom. The maximum Gasteiger partial charge on any atom is 0.220 e. The summed E-state index contributed by atoms with van der Waals surface area (Å²) < 4.78 is 0. The smallest absolute Gasteiger partial charge is 0.220 e. The summed E-state index contributed by atoms with van der Waals surface area (Å²) in [5, 5.41) is 3.09. The van der Waals surface area contributed by atoms with Crippen LogP contribution in [0, 0.1) is 0 Å². The summed E-state index contributed by atoms with van der Waals surface area (Å²) >= 11 is 0. The van der Waals surface area contributed by atoms with E-state index in [9.17, 15) is 4.79 Å². The van der Waals surface area contributed by atoms with Gasteiger partial charge in [-0.05, 0) is 17.5 Å². The summed E-state index contributed by atoms with van der Waals surface area (Å²) in [6.45, 7) is 1.87. The van der Waals surface area contributed by atoms with Gasteiger partial charge in [0.15, 0.2) is 0 Å². The quantitative estimate of drug-likeness (QED) is 0.868. The van der Waals surface area contributed by atoms with Gasteiger partial charge in [0, 0.05) is 6.42 Å². The van der Waals surface area contributed by atoms with Gasteiger partial charge in [-0.2, -0.15) is 0 Å². The van der Waals surface area contributed by atoms with Gasteiger partial charge < -0.3 is 5.32 Å². The van der Waals surface area contributed by atoms with Crippen molar-refractivity contribution < 1.29 is 4.79 Å². The zero-order chi connectivity index (χ0) is 13.5. The van der Waals surface area contributed by atoms with E-state index in [-0.39, 0.29) is 11.9 Å². The van der Waals surface area contributed by atoms with Crippen LogP contribution in [0.15, 0.2) is 60.7 Å². The fourth-order valence-corrected chi connectivity index (χ4v) is 2.08. The van der Waals surface area contributed by atoms with Gasteiger partial charge in [-0.15, -0.1) is 0 Å². The predicted octanol–water partition coefficient (Wildman–Crippen LogP) is 3.50. The van der Waals surface area contributed by atoms with Gasteiger partial charge in [0.25, 0.3) is 0 Å². The third-order valence-electron chi connectivity index (χ3n) is 3.14. The summed E-state index contributed by atoms with van der Waals surface area (Å²) in [5.41, 5.74) is 2.38. The van der Waals surface area contributed by atoms with Crippen LogP contribution in [-0.4, -0.2) is 5.91 Å². The maximum atomic E-state index is 11.7. The van der Waals surface area contributed by atoms with Crippen molar-refractivity contribution >= 4 is 5.91 Å². The molecule has 0 bridgehead atoms. The average Bonchev–Trinajstić information content (AvgIpc) is 2.48. The van der Waals surface area contributed by atoms with E-state index in [4.69, 9.17) is 0 Å². The zero-order valence-electron chi connectivity index (χ0n) is 11.2. The summed E-state index contributed by atoms with van der Waals surface area (Å²) in [4.78, 5) is 11.7. The molecule has 2 aromatic carbocycles. The Morgan fingerprint density at radius 2 is 1.58 bits per heavy atom. The molecule has 1 N–H and O–H groups in total. The number of hydrogen-bond donors (Lipinski definition) is 1. The molecule has 0 heterocycles. The van der Waals surface area contributed by atoms with Gasteiger partial charge in [0.1, 0.15) is 0 Å². The van der Waals surface area contributed by atoms with Crippen LogP contribution in [0.1, 0.15) is 30.5 Å². The van der Waals surface area contributed by atoms with Crippen molar-refractivity contribution in [2.75, 3.05) is 0 Å². The molecule has 0 aliphatic carbocycles. The lowest BCUT2D eigenvalue weighted by Crippen LogP contribution is -2.29. The summed E-state index contributed by atoms with van der Waals surface area (Å²) in [5.74, 6) is 0.0878. The third kappa shape index (κ3) is 3.95. The molecule has 2 heteroatoms. The highest BCUT2D eigenvalue weighted by Gasteiger charge is 2.13. The first kappa shape index (κ1) is 13.3. The van der Waals surface area contributed by atoms with E-state index < -0.39 is 0 Å². The van der Waals surface area contributed by atoms with Crippen molar-refractivity contribution in [3.05, 3.63) is 71.8 Å². The average molecular weight is 253 g/mol. The van der Waals surface area contributed by atoms with E-state index >= 15 is 0 Å². The van der Waals surface area contributed by atoms with Crippen LogP contribution in [0.4, 0.5) is 0 Å². The number of benzene rings is 2. The Bertz CT molecular complexity index is 507. The van der Waals surface area contributed by atoms with E-state index in [0.717, 1.165) is 12.0 Å². The van der Waals surface area contributed by atoms with Crippen LogP contribution in [0.3, 0.4) is 0 Å². The van der Waals surface area contributed by atoms with Crippen LogP contribution in [0.25, 0.3) is 0 Å². The summed E-state index contributed by atoms with van der Waals surface area (Å²) in [6.07, 6.45) is 1.33. The van der Waals surface area contributed by atoms with Crippen LogP contribution in [-0.2, 0) is 11.2 Å². The van der Waals surface area contributed by atoms with Crippen LogP contribution < -0.4 is 5.32 Å². The van der Waals surface area contributed by atoms with E-state index in [1.165, 1.54) is 5.56 Å². The second kappa shape index (κ2) is 6.74. The SMILES string of the molecule is CCC(=O)NC(Cc1ccccc1)c1ccccc1. The molecule has 0 aromatic heterocycles. The van der Waals surface area contributed by atoms with Gasteiger partial charge in [-0.3, -0.25) is 4.79 Å². The largest absolute Gasteiger partial charge is 0.349 e. The molecular formula is C17H19NO. The van der Waals surface area contributed by atoms with E-state index in [2.05, 4.69) is 29.6 Å². The first-order chi connectivity index (χ1) is 9.29. The van der Waals surface area contributed by atoms with Gasteiger partial charge >= 0.3 is 0 Å². The number of hydrogen-bond acceptors (Lipinski definition) is 1. The van der Waals surface area contributed by atoms with Crippen molar-refractivity contribution in [1.29, 1.82) is 0 Å². The number of amides is 1. The second-order valence-electron chi connectivity index (χ2n) is 4.57. The minimum Gasteiger partial charge on any atom is -0.349 e. The highest BCUT2D eigenvalue weighted by molar-refractivity contribution is 5.76. The fraction of sp³-hybridized carbons (Fsp3) is 0.235. The molecule has 19 heavy (non-hydrogen) atoms. The number of carbonyl (C=O) groups excluding carboxylic acids is 1. The molecule has 0 aliphatic heterocycles. The first-order valence-electron chi connectivity index (χ1n) is 6.68. The lowest BCUT2D eigenvalue weighted by Gasteiger charge is -2.19. The van der Waals surface area contributed by atoms with Crippen molar-refractivity contribution in [2.45, 2.75) is 25.8 Å². The van der Waals surface area contributed by atoms with Crippen LogP contribution in [0.5, 0.6) is 0 Å². The molecule has 98 valence electrons. The molecule has 0 radical (unpaired) electrons. The monoisotopic (exact) mass is 253 g/mol. The molecule has 0 spiro atoms. The first-order valence-corrected chi connectivity index (χ1v) is 6.68. The molecule has 0 fully saturated rings. The normalized spacial score (nSPS) is 11.8. The maximum absolute atomic E-state index is 11.7. The van der Waals surface area contributed by atoms with E-state index in [1.807, 2.05) is 43.3 Å². The lowest BCUT2D eigenvalue weighted by molar-refractivity contribution is -0.121. The zero-order valence-corrected chi connectivity index (χ0v) is 11.2. The van der Waals surface area contributed by atoms with Crippen molar-refractivity contribution in [3.63, 3.8) is 0 Å². The highest BCUT2D eigenvalue weighted by Crippen LogP contribution is 2.18. The topological polar surface area (TPSA) is 29.1 Å². The highest BCUT2D eigenvalue weighted by atomic mass is 16.1. The van der Waals surface area contributed by atoms with Crippen molar-refractivity contribution in [3.8, 4) is 0 Å². The van der Waals surface area contributed by atoms with Gasteiger partial charge in [0.05, 0.1) is 6.04 Å². The number of carbonyl (C=O) groups is 1. The molecule has 2 nitrogen and oxygen atoms in total. The predicted molar refractivity (Wildman–Crippen MR) is 77.8 cm³/mol. The molecule has 0 aliphatic rings. The minimum absolute atomic E-state index is 0.0380. The van der Waals surface area contributed by atoms with Gasteiger partial charge in [0.2, 0.25) is 5.91 Å². The summed E-state index contributed by atoms with van der Waals surface area (Å²) in [6, 6.07) is 20.4. The Morgan fingerprint density at radius 1 is 1.00 bits per heavy atom. The van der Waals surface area contributed by atoms with Gasteiger partial charge in [-0.1, -0.05) is 67.6 Å². The molecule has 1 unspecified atom stereocenters. The number of nitrogens with one attached hydrogen (secondary N) is 1. The third-order valence-corrected chi connectivity index (χ3v) is 3.14. The Balaban J connectivity index is 2.17. The van der Waals surface area contributed by atoms with Crippen molar-refractivity contribution in [2.24, 2.45) is 0 Å². The fourth-order valence-electron chi connectivity index (χ4n) is 2.08. The molecular weight excluding hydrogens is 234 g/mol. The van der Waals surface area contributed by atoms with Gasteiger partial charge in [-0.25, -0.2) is 0 Å². The molecule has 0 saturated heterocycles. The Kier molecular flexibility index (Phi) is 4.73. The van der Waals surface area contributed by atoms with E-state index in [0.29, 0.717) is 6.42 Å². The lowest BCUT2D eigenvalue weighted by atomic mass is 9.99. The Hall–Kier alpha value is -2.09. The second-order valence-corrected chi connectivity index (χ2v) is 4.57. The number of rotatable bonds is 5. The van der Waals surface area contributed by atoms with E-state index in [1.54, 1.807) is 0 Å². The molecule has 0 saturated carbocycles. The standard InChI is InChI=1S/C17H19NO/c1-2-17(19)18-16(15-11-7-4-8-12-15)13-14-9-5-3-6-10-14/h3-12,16H,2,13H2,1H3,(H,18,19). The molecule has 1 amide bonds. The molecule has 2 rings (SSSR count). The molecule has 1 atom stereocenters.